The minimum absolute atomic E-state index is 0.172. The van der Waals surface area contributed by atoms with Crippen LogP contribution in [0.2, 0.25) is 0 Å². The summed E-state index contributed by atoms with van der Waals surface area (Å²) in [5, 5.41) is 0.590. The predicted octanol–water partition coefficient (Wildman–Crippen LogP) is 5.08. The van der Waals surface area contributed by atoms with Gasteiger partial charge in [0.2, 0.25) is 0 Å². The Bertz CT molecular complexity index is 866. The smallest absolute Gasteiger partial charge is 0.260 e. The van der Waals surface area contributed by atoms with Gasteiger partial charge in [-0.15, -0.1) is 11.3 Å². The first-order valence-corrected chi connectivity index (χ1v) is 8.83. The predicted molar refractivity (Wildman–Crippen MR) is 102 cm³/mol. The highest BCUT2D eigenvalue weighted by molar-refractivity contribution is 7.21. The molecule has 0 saturated carbocycles. The van der Waals surface area contributed by atoms with Gasteiger partial charge in [0.25, 0.3) is 5.56 Å². The number of nitrogens with zero attached hydrogens (tertiary/aromatic N) is 1. The molecule has 0 bridgehead atoms. The molecule has 0 aliphatic heterocycles. The fraction of sp³-hybridized carbons (Fsp3) is 0.263. The molecule has 0 fully saturated rings. The molecule has 4 nitrogen and oxygen atoms in total. The van der Waals surface area contributed by atoms with Crippen molar-refractivity contribution in [3.05, 3.63) is 59.2 Å². The number of aromatic nitrogens is 2. The van der Waals surface area contributed by atoms with E-state index < -0.39 is 0 Å². The molecule has 1 aromatic carbocycles. The molecule has 126 valence electrons. The van der Waals surface area contributed by atoms with Crippen molar-refractivity contribution in [3.63, 3.8) is 0 Å². The van der Waals surface area contributed by atoms with Crippen molar-refractivity contribution in [1.82, 2.24) is 9.97 Å². The van der Waals surface area contributed by atoms with Gasteiger partial charge >= 0.3 is 0 Å². The van der Waals surface area contributed by atoms with E-state index in [-0.39, 0.29) is 5.56 Å². The van der Waals surface area contributed by atoms with Gasteiger partial charge in [0.05, 0.1) is 12.0 Å². The van der Waals surface area contributed by atoms with Crippen molar-refractivity contribution < 1.29 is 4.74 Å². The molecule has 5 heteroatoms. The van der Waals surface area contributed by atoms with Gasteiger partial charge in [0.15, 0.2) is 11.6 Å². The van der Waals surface area contributed by atoms with E-state index in [9.17, 15) is 4.79 Å². The molecular formula is C19H22N2O2S. The quantitative estimate of drug-likeness (QED) is 0.673. The average molecular weight is 342 g/mol. The van der Waals surface area contributed by atoms with Crippen LogP contribution in [0.3, 0.4) is 0 Å². The molecule has 0 amide bonds. The molecule has 1 N–H and O–H groups in total. The number of rotatable bonds is 4. The van der Waals surface area contributed by atoms with E-state index in [1.54, 1.807) is 0 Å². The first kappa shape index (κ1) is 17.9. The lowest BCUT2D eigenvalue weighted by molar-refractivity contribution is 0.296. The Morgan fingerprint density at radius 1 is 1.25 bits per heavy atom. The molecule has 3 rings (SSSR count). The molecule has 0 aliphatic rings. The molecule has 0 radical (unpaired) electrons. The van der Waals surface area contributed by atoms with E-state index in [1.807, 2.05) is 43.3 Å². The van der Waals surface area contributed by atoms with Gasteiger partial charge < -0.3 is 9.72 Å². The molecule has 0 saturated heterocycles. The number of hydrogen-bond donors (Lipinski definition) is 1. The third-order valence-electron chi connectivity index (χ3n) is 3.04. The summed E-state index contributed by atoms with van der Waals surface area (Å²) in [7, 11) is 0. The Morgan fingerprint density at radius 2 is 1.92 bits per heavy atom. The third kappa shape index (κ3) is 4.11. The van der Waals surface area contributed by atoms with Crippen LogP contribution < -0.4 is 5.56 Å². The van der Waals surface area contributed by atoms with E-state index in [0.29, 0.717) is 28.4 Å². The number of thiophene rings is 1. The number of hydrogen-bond acceptors (Lipinski definition) is 4. The lowest BCUT2D eigenvalue weighted by Gasteiger charge is -2.04. The van der Waals surface area contributed by atoms with Gasteiger partial charge in [-0.25, -0.2) is 4.98 Å². The van der Waals surface area contributed by atoms with Gasteiger partial charge in [0.1, 0.15) is 4.83 Å². The Hall–Kier alpha value is -2.40. The van der Waals surface area contributed by atoms with Crippen molar-refractivity contribution >= 4 is 27.3 Å². The van der Waals surface area contributed by atoms with Crippen molar-refractivity contribution in [2.24, 2.45) is 0 Å². The van der Waals surface area contributed by atoms with E-state index in [0.717, 1.165) is 10.4 Å². The van der Waals surface area contributed by atoms with Gasteiger partial charge in [0, 0.05) is 4.88 Å². The van der Waals surface area contributed by atoms with Crippen LogP contribution in [-0.4, -0.2) is 16.6 Å². The Labute approximate surface area is 145 Å². The molecule has 24 heavy (non-hydrogen) atoms. The van der Waals surface area contributed by atoms with Crippen molar-refractivity contribution in [1.29, 1.82) is 0 Å². The highest BCUT2D eigenvalue weighted by atomic mass is 32.1. The maximum atomic E-state index is 12.2. The Morgan fingerprint density at radius 3 is 2.54 bits per heavy atom. The summed E-state index contributed by atoms with van der Waals surface area (Å²) >= 11 is 1.49. The van der Waals surface area contributed by atoms with Crippen LogP contribution in [-0.2, 0) is 4.74 Å². The molecule has 2 heterocycles. The van der Waals surface area contributed by atoms with Crippen LogP contribution in [0.25, 0.3) is 26.4 Å². The zero-order chi connectivity index (χ0) is 17.5. The lowest BCUT2D eigenvalue weighted by atomic mass is 10.2. The van der Waals surface area contributed by atoms with Crippen LogP contribution in [0.5, 0.6) is 0 Å². The lowest BCUT2D eigenvalue weighted by Crippen LogP contribution is -2.10. The van der Waals surface area contributed by atoms with Crippen molar-refractivity contribution in [2.75, 3.05) is 6.61 Å². The van der Waals surface area contributed by atoms with E-state index in [2.05, 4.69) is 30.4 Å². The molecule has 0 atom stereocenters. The van der Waals surface area contributed by atoms with Crippen LogP contribution in [0.1, 0.15) is 33.0 Å². The Kier molecular flexibility index (Phi) is 6.32. The molecule has 2 aromatic heterocycles. The average Bonchev–Trinajstić information content (AvgIpc) is 3.01. The van der Waals surface area contributed by atoms with Crippen molar-refractivity contribution in [2.45, 2.75) is 27.2 Å². The molecule has 0 spiro atoms. The normalized spacial score (nSPS) is 10.1. The zero-order valence-electron chi connectivity index (χ0n) is 14.3. The second-order valence-corrected chi connectivity index (χ2v) is 6.20. The zero-order valence-corrected chi connectivity index (χ0v) is 15.1. The molecule has 3 aromatic rings. The summed E-state index contributed by atoms with van der Waals surface area (Å²) in [6.07, 6.45) is 1.25. The maximum absolute atomic E-state index is 12.2. The maximum Gasteiger partial charge on any atom is 0.260 e. The first-order chi connectivity index (χ1) is 11.6. The summed E-state index contributed by atoms with van der Waals surface area (Å²) in [5.41, 5.74) is 0.902. The molecule has 0 aliphatic carbocycles. The number of nitrogens with one attached hydrogen (secondary N) is 1. The molecular weight excluding hydrogens is 320 g/mol. The first-order valence-electron chi connectivity index (χ1n) is 8.02. The minimum Gasteiger partial charge on any atom is -0.491 e. The highest BCUT2D eigenvalue weighted by Crippen LogP contribution is 2.31. The van der Waals surface area contributed by atoms with Crippen LogP contribution in [0.4, 0.5) is 0 Å². The number of benzene rings is 1. The minimum atomic E-state index is -0.172. The summed E-state index contributed by atoms with van der Waals surface area (Å²) in [4.78, 5) is 21.0. The van der Waals surface area contributed by atoms with E-state index in [4.69, 9.17) is 4.74 Å². The fourth-order valence-corrected chi connectivity index (χ4v) is 3.09. The summed E-state index contributed by atoms with van der Waals surface area (Å²) < 4.78 is 5.30. The third-order valence-corrected chi connectivity index (χ3v) is 4.12. The number of aromatic amines is 1. The van der Waals surface area contributed by atoms with Crippen molar-refractivity contribution in [3.8, 4) is 10.4 Å². The number of fused-ring (bicyclic) bond motifs is 1. The largest absolute Gasteiger partial charge is 0.491 e. The van der Waals surface area contributed by atoms with Gasteiger partial charge in [-0.3, -0.25) is 4.79 Å². The SMILES string of the molecule is C=C(OCC)c1nc2sc(-c3ccccc3)cc2c(=O)[nH]1.CCC. The van der Waals surface area contributed by atoms with Gasteiger partial charge in [-0.05, 0) is 18.6 Å². The number of ether oxygens (including phenoxy) is 1. The highest BCUT2D eigenvalue weighted by Gasteiger charge is 2.12. The molecule has 0 unspecified atom stereocenters. The van der Waals surface area contributed by atoms with E-state index >= 15 is 0 Å². The summed E-state index contributed by atoms with van der Waals surface area (Å²) in [6, 6.07) is 11.8. The number of H-pyrrole nitrogens is 1. The van der Waals surface area contributed by atoms with E-state index in [1.165, 1.54) is 17.8 Å². The fourth-order valence-electron chi connectivity index (χ4n) is 2.05. The van der Waals surface area contributed by atoms with Crippen LogP contribution >= 0.6 is 11.3 Å². The van der Waals surface area contributed by atoms with Gasteiger partial charge in [-0.2, -0.15) is 0 Å². The summed E-state index contributed by atoms with van der Waals surface area (Å²) in [5.74, 6) is 0.766. The van der Waals surface area contributed by atoms with Crippen LogP contribution in [0.15, 0.2) is 47.8 Å². The topological polar surface area (TPSA) is 55.0 Å². The second kappa shape index (κ2) is 8.45. The van der Waals surface area contributed by atoms with Gasteiger partial charge in [-0.1, -0.05) is 57.2 Å². The van der Waals surface area contributed by atoms with Crippen LogP contribution in [0, 0.1) is 0 Å². The standard InChI is InChI=1S/C16H14N2O2S.C3H8/c1-3-20-10(2)14-17-15(19)12-9-13(21-16(12)18-14)11-7-5-4-6-8-11;1-3-2/h4-9H,2-3H2,1H3,(H,17,18,19);3H2,1-2H3. The second-order valence-electron chi connectivity index (χ2n) is 5.17. The Balaban J connectivity index is 0.000000647. The summed E-state index contributed by atoms with van der Waals surface area (Å²) in [6.45, 7) is 10.4. The monoisotopic (exact) mass is 342 g/mol.